The first-order chi connectivity index (χ1) is 18.0. The van der Waals surface area contributed by atoms with E-state index in [4.69, 9.17) is 9.47 Å². The van der Waals surface area contributed by atoms with Gasteiger partial charge < -0.3 is 14.8 Å². The Kier molecular flexibility index (Phi) is 6.81. The number of anilines is 2. The zero-order valence-corrected chi connectivity index (χ0v) is 19.8. The number of hydrogen-bond donors (Lipinski definition) is 1. The van der Waals surface area contributed by atoms with Crippen molar-refractivity contribution in [1.29, 1.82) is 0 Å². The highest BCUT2D eigenvalue weighted by Gasteiger charge is 2.47. The molecule has 0 bridgehead atoms. The Morgan fingerprint density at radius 2 is 1.38 bits per heavy atom. The predicted octanol–water partition coefficient (Wildman–Crippen LogP) is 4.73. The van der Waals surface area contributed by atoms with Gasteiger partial charge in [-0.3, -0.25) is 19.3 Å². The Hall–Kier alpha value is -4.72. The molecule has 8 nitrogen and oxygen atoms in total. The van der Waals surface area contributed by atoms with Crippen molar-refractivity contribution in [3.8, 4) is 11.5 Å². The molecule has 1 aliphatic heterocycles. The van der Waals surface area contributed by atoms with Crippen LogP contribution < -0.4 is 15.0 Å². The molecule has 0 unspecified atom stereocenters. The van der Waals surface area contributed by atoms with E-state index >= 15 is 0 Å². The minimum atomic E-state index is -0.690. The highest BCUT2D eigenvalue weighted by molar-refractivity contribution is 6.22. The number of amides is 3. The summed E-state index contributed by atoms with van der Waals surface area (Å²) in [6, 6.07) is 22.2. The lowest BCUT2D eigenvalue weighted by Gasteiger charge is -2.15. The minimum absolute atomic E-state index is 0.206. The fourth-order valence-electron chi connectivity index (χ4n) is 4.44. The lowest BCUT2D eigenvalue weighted by atomic mass is 9.85. The molecule has 3 aromatic rings. The fraction of sp³-hybridized carbons (Fsp3) is 0.172. The first-order valence-electron chi connectivity index (χ1n) is 11.9. The SMILES string of the molecule is O=C(COC(=O)c1ccc(N2C(=O)[C@@H]3CC=CC[C@H]3C2=O)cc1)Nc1ccc(Oc2ccccc2)cc1. The molecule has 0 spiro atoms. The molecule has 0 saturated carbocycles. The van der Waals surface area contributed by atoms with Crippen LogP contribution in [-0.2, 0) is 19.1 Å². The Morgan fingerprint density at radius 3 is 2.00 bits per heavy atom. The lowest BCUT2D eigenvalue weighted by molar-refractivity contribution is -0.122. The molecule has 0 aromatic heterocycles. The fourth-order valence-corrected chi connectivity index (χ4v) is 4.44. The number of nitrogens with zero attached hydrogens (tertiary/aromatic N) is 1. The summed E-state index contributed by atoms with van der Waals surface area (Å²) in [5.74, 6) is -0.949. The molecule has 8 heteroatoms. The summed E-state index contributed by atoms with van der Waals surface area (Å²) in [6.45, 7) is -0.470. The molecule has 5 rings (SSSR count). The number of hydrogen-bond acceptors (Lipinski definition) is 6. The number of esters is 1. The number of carbonyl (C=O) groups excluding carboxylic acids is 4. The van der Waals surface area contributed by atoms with Crippen LogP contribution in [0.3, 0.4) is 0 Å². The first kappa shape index (κ1) is 24.0. The standard InChI is InChI=1S/C29H24N2O6/c32-26(30-20-12-16-23(17-13-20)37-22-6-2-1-3-7-22)18-36-29(35)19-10-14-21(15-11-19)31-27(33)24-8-4-5-9-25(24)28(31)34/h1-7,10-17,24-25H,8-9,18H2,(H,30,32)/t24-,25-/m1/s1. The molecule has 37 heavy (non-hydrogen) atoms. The summed E-state index contributed by atoms with van der Waals surface area (Å²) in [5, 5.41) is 2.66. The number of nitrogens with one attached hydrogen (secondary N) is 1. The molecule has 1 heterocycles. The van der Waals surface area contributed by atoms with Crippen LogP contribution in [0.2, 0.25) is 0 Å². The molecule has 3 aromatic carbocycles. The highest BCUT2D eigenvalue weighted by atomic mass is 16.5. The van der Waals surface area contributed by atoms with Crippen LogP contribution in [0.5, 0.6) is 11.5 Å². The summed E-state index contributed by atoms with van der Waals surface area (Å²) >= 11 is 0. The van der Waals surface area contributed by atoms with Gasteiger partial charge >= 0.3 is 5.97 Å². The predicted molar refractivity (Wildman–Crippen MR) is 136 cm³/mol. The van der Waals surface area contributed by atoms with Gasteiger partial charge in [0.05, 0.1) is 23.1 Å². The summed E-state index contributed by atoms with van der Waals surface area (Å²) < 4.78 is 10.8. The number of allylic oxidation sites excluding steroid dienone is 2. The zero-order valence-electron chi connectivity index (χ0n) is 19.8. The molecule has 1 N–H and O–H groups in total. The van der Waals surface area contributed by atoms with E-state index in [1.54, 1.807) is 24.3 Å². The number of carbonyl (C=O) groups is 4. The smallest absolute Gasteiger partial charge is 0.338 e. The monoisotopic (exact) mass is 496 g/mol. The van der Waals surface area contributed by atoms with Crippen LogP contribution in [0.4, 0.5) is 11.4 Å². The molecule has 1 fully saturated rings. The largest absolute Gasteiger partial charge is 0.457 e. The number of fused-ring (bicyclic) bond motifs is 1. The van der Waals surface area contributed by atoms with Gasteiger partial charge in [0.2, 0.25) is 11.8 Å². The van der Waals surface area contributed by atoms with Gasteiger partial charge in [-0.15, -0.1) is 0 Å². The van der Waals surface area contributed by atoms with E-state index in [1.165, 1.54) is 29.2 Å². The molecular weight excluding hydrogens is 472 g/mol. The van der Waals surface area contributed by atoms with Crippen molar-refractivity contribution < 1.29 is 28.7 Å². The number of ether oxygens (including phenoxy) is 2. The van der Waals surface area contributed by atoms with E-state index in [-0.39, 0.29) is 29.2 Å². The van der Waals surface area contributed by atoms with E-state index < -0.39 is 18.5 Å². The van der Waals surface area contributed by atoms with Crippen LogP contribution in [0, 0.1) is 11.8 Å². The third kappa shape index (κ3) is 5.28. The van der Waals surface area contributed by atoms with Crippen molar-refractivity contribution in [2.45, 2.75) is 12.8 Å². The highest BCUT2D eigenvalue weighted by Crippen LogP contribution is 2.37. The number of benzene rings is 3. The normalized spacial score (nSPS) is 18.3. The molecule has 2 aliphatic rings. The van der Waals surface area contributed by atoms with Crippen molar-refractivity contribution in [2.24, 2.45) is 11.8 Å². The summed E-state index contributed by atoms with van der Waals surface area (Å²) in [5.41, 5.74) is 1.15. The first-order valence-corrected chi connectivity index (χ1v) is 11.9. The third-order valence-electron chi connectivity index (χ3n) is 6.32. The molecule has 3 amide bonds. The molecule has 186 valence electrons. The molecule has 1 saturated heterocycles. The summed E-state index contributed by atoms with van der Waals surface area (Å²) in [6.07, 6.45) is 4.98. The maximum atomic E-state index is 12.7. The van der Waals surface area contributed by atoms with E-state index in [2.05, 4.69) is 5.32 Å². The summed E-state index contributed by atoms with van der Waals surface area (Å²) in [4.78, 5) is 51.3. The molecule has 0 radical (unpaired) electrons. The Bertz CT molecular complexity index is 1320. The molecule has 1 aliphatic carbocycles. The van der Waals surface area contributed by atoms with Gasteiger partial charge in [0.25, 0.3) is 5.91 Å². The van der Waals surface area contributed by atoms with Crippen LogP contribution in [0.1, 0.15) is 23.2 Å². The Labute approximate surface area is 213 Å². The number of imide groups is 1. The van der Waals surface area contributed by atoms with Gasteiger partial charge in [-0.25, -0.2) is 4.79 Å². The van der Waals surface area contributed by atoms with E-state index in [0.29, 0.717) is 35.7 Å². The van der Waals surface area contributed by atoms with Crippen LogP contribution >= 0.6 is 0 Å². The van der Waals surface area contributed by atoms with Crippen molar-refractivity contribution in [1.82, 2.24) is 0 Å². The second kappa shape index (κ2) is 10.5. The topological polar surface area (TPSA) is 102 Å². The van der Waals surface area contributed by atoms with Crippen LogP contribution in [0.25, 0.3) is 0 Å². The van der Waals surface area contributed by atoms with Crippen molar-refractivity contribution in [3.63, 3.8) is 0 Å². The third-order valence-corrected chi connectivity index (χ3v) is 6.32. The van der Waals surface area contributed by atoms with Gasteiger partial charge in [-0.05, 0) is 73.5 Å². The van der Waals surface area contributed by atoms with E-state index in [0.717, 1.165) is 0 Å². The van der Waals surface area contributed by atoms with Gasteiger partial charge in [0.1, 0.15) is 11.5 Å². The van der Waals surface area contributed by atoms with Gasteiger partial charge in [0, 0.05) is 5.69 Å². The second-order valence-corrected chi connectivity index (χ2v) is 8.78. The maximum absolute atomic E-state index is 12.7. The van der Waals surface area contributed by atoms with Crippen molar-refractivity contribution >= 4 is 35.1 Å². The maximum Gasteiger partial charge on any atom is 0.338 e. The van der Waals surface area contributed by atoms with Gasteiger partial charge in [-0.2, -0.15) is 0 Å². The molecular formula is C29H24N2O6. The summed E-state index contributed by atoms with van der Waals surface area (Å²) in [7, 11) is 0. The number of para-hydroxylation sites is 1. The lowest BCUT2D eigenvalue weighted by Crippen LogP contribution is -2.30. The zero-order chi connectivity index (χ0) is 25.8. The number of rotatable bonds is 7. The van der Waals surface area contributed by atoms with Crippen LogP contribution in [0.15, 0.2) is 91.0 Å². The van der Waals surface area contributed by atoms with E-state index in [9.17, 15) is 19.2 Å². The average molecular weight is 497 g/mol. The second-order valence-electron chi connectivity index (χ2n) is 8.78. The quantitative estimate of drug-likeness (QED) is 0.288. The van der Waals surface area contributed by atoms with Gasteiger partial charge in [-0.1, -0.05) is 30.4 Å². The molecule has 2 atom stereocenters. The Balaban J connectivity index is 1.12. The van der Waals surface area contributed by atoms with Crippen LogP contribution in [-0.4, -0.2) is 30.3 Å². The average Bonchev–Trinajstić information content (AvgIpc) is 3.19. The minimum Gasteiger partial charge on any atom is -0.457 e. The van der Waals surface area contributed by atoms with E-state index in [1.807, 2.05) is 42.5 Å². The van der Waals surface area contributed by atoms with Crippen molar-refractivity contribution in [3.05, 3.63) is 96.6 Å². The van der Waals surface area contributed by atoms with Gasteiger partial charge in [0.15, 0.2) is 6.61 Å². The Morgan fingerprint density at radius 1 is 0.784 bits per heavy atom. The van der Waals surface area contributed by atoms with Crippen molar-refractivity contribution in [2.75, 3.05) is 16.8 Å².